The smallest absolute Gasteiger partial charge is 0.225 e. The normalized spacial score (nSPS) is 25.4. The average molecular weight is 1160 g/mol. The summed E-state index contributed by atoms with van der Waals surface area (Å²) in [5.41, 5.74) is 4.74. The van der Waals surface area contributed by atoms with Crippen LogP contribution in [-0.4, -0.2) is 115 Å². The van der Waals surface area contributed by atoms with Gasteiger partial charge in [0.2, 0.25) is 11.8 Å². The average Bonchev–Trinajstić information content (AvgIpc) is 4.51. The summed E-state index contributed by atoms with van der Waals surface area (Å²) in [6.07, 6.45) is 8.06. The Kier molecular flexibility index (Phi) is 14.4. The van der Waals surface area contributed by atoms with E-state index in [1.54, 1.807) is 18.5 Å². The minimum atomic E-state index is -3.10. The van der Waals surface area contributed by atoms with Gasteiger partial charge in [0.05, 0.1) is 74.1 Å². The van der Waals surface area contributed by atoms with Gasteiger partial charge in [-0.1, -0.05) is 30.7 Å². The standard InChI is InChI=1S/C58H58F2N10O6S4/c59-39-8-14-44(46(29-39)53(71)67-57(33-61)16-17-57)49-51(35-4-10-41(11-5-35)69-20-24-79(73,74)25-21-69)77-55(65-49)38-28-37(30-63-31-38)43-2-1-3-45(48(43)54(72)68-58(34-62)18-19-58)50-52(78-56(66-50)47-15-9-40(60)32-64-47)36-6-12-42(13-7-36)70-22-26-80(75,76)27-23-70/h4-7,9-13,15,28,30-32,39,43-46,48H,1-3,8,14,16-27,29H2,(H,67,71)(H,68,72). The van der Waals surface area contributed by atoms with E-state index >= 15 is 9.18 Å². The number of rotatable bonds is 13. The van der Waals surface area contributed by atoms with Gasteiger partial charge in [-0.05, 0) is 123 Å². The zero-order chi connectivity index (χ0) is 55.6. The topological polar surface area (TPSA) is 232 Å². The lowest BCUT2D eigenvalue weighted by molar-refractivity contribution is -0.128. The molecule has 16 nitrogen and oxygen atoms in total. The maximum atomic E-state index is 15.4. The highest BCUT2D eigenvalue weighted by Crippen LogP contribution is 2.53. The van der Waals surface area contributed by atoms with Crippen LogP contribution in [0, 0.1) is 40.3 Å². The maximum absolute atomic E-state index is 15.4. The number of carbonyl (C=O) groups excluding carboxylic acids is 2. The second kappa shape index (κ2) is 21.3. The van der Waals surface area contributed by atoms with Gasteiger partial charge in [0, 0.05) is 73.3 Å². The van der Waals surface area contributed by atoms with Crippen LogP contribution in [0.1, 0.15) is 98.9 Å². The number of nitrogens with one attached hydrogen (secondary N) is 2. The lowest BCUT2D eigenvalue weighted by Crippen LogP contribution is -2.45. The number of nitrogens with zero attached hydrogens (tertiary/aromatic N) is 8. The first kappa shape index (κ1) is 53.9. The quantitative estimate of drug-likeness (QED) is 0.110. The Morgan fingerprint density at radius 2 is 1.18 bits per heavy atom. The fourth-order valence-electron chi connectivity index (χ4n) is 12.1. The van der Waals surface area contributed by atoms with Crippen molar-refractivity contribution in [2.45, 2.75) is 99.2 Å². The van der Waals surface area contributed by atoms with E-state index in [0.29, 0.717) is 110 Å². The fraction of sp³-hybridized carbons (Fsp3) is 0.448. The predicted octanol–water partition coefficient (Wildman–Crippen LogP) is 8.90. The van der Waals surface area contributed by atoms with Gasteiger partial charge in [0.1, 0.15) is 33.1 Å². The Balaban J connectivity index is 0.922. The fourth-order valence-corrected chi connectivity index (χ4v) is 16.7. The van der Waals surface area contributed by atoms with E-state index in [2.05, 4.69) is 32.7 Å². The summed E-state index contributed by atoms with van der Waals surface area (Å²) in [5.74, 6) is -3.70. The van der Waals surface area contributed by atoms with Gasteiger partial charge in [-0.3, -0.25) is 19.6 Å². The first-order valence-corrected chi connectivity index (χ1v) is 32.6. The largest absolute Gasteiger partial charge is 0.369 e. The monoisotopic (exact) mass is 1160 g/mol. The van der Waals surface area contributed by atoms with E-state index in [0.717, 1.165) is 44.0 Å². The molecular formula is C58H58F2N10O6S4. The number of pyridine rings is 2. The molecule has 0 bridgehead atoms. The van der Waals surface area contributed by atoms with E-state index < -0.39 is 72.3 Å². The minimum Gasteiger partial charge on any atom is -0.369 e. The summed E-state index contributed by atoms with van der Waals surface area (Å²) in [5, 5.41) is 27.5. The van der Waals surface area contributed by atoms with E-state index in [4.69, 9.17) is 15.0 Å². The Hall–Kier alpha value is -6.72. The first-order valence-electron chi connectivity index (χ1n) is 27.3. The molecule has 4 saturated carbocycles. The third kappa shape index (κ3) is 11.1. The summed E-state index contributed by atoms with van der Waals surface area (Å²) in [6, 6.07) is 25.3. The van der Waals surface area contributed by atoms with Crippen LogP contribution in [0.5, 0.6) is 0 Å². The van der Waals surface area contributed by atoms with Crippen LogP contribution in [0.4, 0.5) is 20.2 Å². The summed E-state index contributed by atoms with van der Waals surface area (Å²) in [4.78, 5) is 54.9. The Labute approximate surface area is 471 Å². The van der Waals surface area contributed by atoms with Crippen molar-refractivity contribution in [3.05, 3.63) is 108 Å². The third-order valence-corrected chi connectivity index (χ3v) is 22.6. The van der Waals surface area contributed by atoms with Crippen molar-refractivity contribution in [3.63, 3.8) is 0 Å². The van der Waals surface area contributed by atoms with Crippen LogP contribution in [0.3, 0.4) is 0 Å². The van der Waals surface area contributed by atoms with Crippen molar-refractivity contribution in [3.8, 4) is 54.3 Å². The molecule has 6 heterocycles. The summed E-state index contributed by atoms with van der Waals surface area (Å²) in [7, 11) is -6.19. The summed E-state index contributed by atoms with van der Waals surface area (Å²) < 4.78 is 78.8. The molecule has 2 N–H and O–H groups in total. The molecule has 2 aromatic carbocycles. The number of alkyl halides is 1. The molecule has 0 spiro atoms. The molecule has 22 heteroatoms. The number of carbonyl (C=O) groups is 2. The minimum absolute atomic E-state index is 0.0156. The number of hydrogen-bond acceptors (Lipinski definition) is 16. The molecular weight excluding hydrogens is 1100 g/mol. The van der Waals surface area contributed by atoms with Crippen LogP contribution >= 0.6 is 22.7 Å². The molecule has 2 amide bonds. The second-order valence-corrected chi connectivity index (χ2v) is 29.0. The van der Waals surface area contributed by atoms with Gasteiger partial charge in [-0.25, -0.2) is 35.6 Å². The highest BCUT2D eigenvalue weighted by atomic mass is 32.2. The van der Waals surface area contributed by atoms with Gasteiger partial charge in [0.25, 0.3) is 0 Å². The lowest BCUT2D eigenvalue weighted by Gasteiger charge is -2.38. The molecule has 2 aliphatic heterocycles. The van der Waals surface area contributed by atoms with Crippen molar-refractivity contribution >= 4 is 65.5 Å². The molecule has 6 atom stereocenters. The number of aromatic nitrogens is 4. The third-order valence-electron chi connectivity index (χ3n) is 17.0. The van der Waals surface area contributed by atoms with Crippen LogP contribution in [0.2, 0.25) is 0 Å². The van der Waals surface area contributed by atoms with E-state index in [1.807, 2.05) is 59.5 Å². The molecule has 2 saturated heterocycles. The number of amides is 2. The second-order valence-electron chi connectivity index (χ2n) is 22.4. The van der Waals surface area contributed by atoms with Gasteiger partial charge >= 0.3 is 0 Å². The SMILES string of the molecule is N#CC1(NC(=O)C2CC(F)CCC2c2nc(-c3cncc(C4CCCC(c5nc(-c6ccc(F)cn6)sc5-c5ccc(N6CCS(=O)(=O)CC6)cc5)C4C(=O)NC4(C#N)CC4)c3)sc2-c2ccc(N3CCS(=O)(=O)CC3)cc2)CC1. The van der Waals surface area contributed by atoms with E-state index in [1.165, 1.54) is 28.7 Å². The number of benzene rings is 2. The summed E-state index contributed by atoms with van der Waals surface area (Å²) in [6.45, 7) is 1.52. The molecule has 6 fully saturated rings. The van der Waals surface area contributed by atoms with E-state index in [9.17, 15) is 36.5 Å². The molecule has 80 heavy (non-hydrogen) atoms. The zero-order valence-electron chi connectivity index (χ0n) is 43.7. The maximum Gasteiger partial charge on any atom is 0.225 e. The van der Waals surface area contributed by atoms with Crippen molar-refractivity contribution in [2.75, 3.05) is 59.0 Å². The molecule has 0 radical (unpaired) electrons. The van der Waals surface area contributed by atoms with Gasteiger partial charge in [0.15, 0.2) is 19.7 Å². The van der Waals surface area contributed by atoms with Crippen LogP contribution in [0.25, 0.3) is 42.2 Å². The van der Waals surface area contributed by atoms with Crippen LogP contribution in [-0.2, 0) is 29.3 Å². The highest BCUT2D eigenvalue weighted by Gasteiger charge is 2.51. The molecule has 414 valence electrons. The van der Waals surface area contributed by atoms with Crippen molar-refractivity contribution in [2.24, 2.45) is 11.8 Å². The molecule has 6 aliphatic rings. The number of halogens is 2. The predicted molar refractivity (Wildman–Crippen MR) is 302 cm³/mol. The molecule has 4 aromatic heterocycles. The lowest BCUT2D eigenvalue weighted by atomic mass is 9.67. The van der Waals surface area contributed by atoms with Gasteiger partial charge in [-0.15, -0.1) is 22.7 Å². The van der Waals surface area contributed by atoms with Gasteiger partial charge < -0.3 is 20.4 Å². The number of thiazole rings is 2. The number of hydrogen-bond donors (Lipinski definition) is 2. The number of nitriles is 2. The zero-order valence-corrected chi connectivity index (χ0v) is 47.0. The Bertz CT molecular complexity index is 3660. The van der Waals surface area contributed by atoms with Crippen molar-refractivity contribution in [1.29, 1.82) is 10.5 Å². The first-order chi connectivity index (χ1) is 38.5. The Morgan fingerprint density at radius 3 is 1.73 bits per heavy atom. The van der Waals surface area contributed by atoms with Crippen molar-refractivity contribution < 1.29 is 35.2 Å². The Morgan fingerprint density at radius 1 is 0.637 bits per heavy atom. The van der Waals surface area contributed by atoms with Crippen LogP contribution < -0.4 is 20.4 Å². The molecule has 6 aromatic rings. The van der Waals surface area contributed by atoms with E-state index in [-0.39, 0.29) is 47.7 Å². The number of sulfone groups is 2. The number of anilines is 2. The van der Waals surface area contributed by atoms with Gasteiger partial charge in [-0.2, -0.15) is 10.5 Å². The molecule has 6 unspecified atom stereocenters. The van der Waals surface area contributed by atoms with Crippen LogP contribution in [0.15, 0.2) is 85.3 Å². The van der Waals surface area contributed by atoms with Crippen molar-refractivity contribution in [1.82, 2.24) is 30.6 Å². The molecule has 12 rings (SSSR count). The molecule has 4 aliphatic carbocycles. The summed E-state index contributed by atoms with van der Waals surface area (Å²) >= 11 is 2.83. The highest BCUT2D eigenvalue weighted by molar-refractivity contribution is 7.91.